The molecule has 154 valence electrons. The lowest BCUT2D eigenvalue weighted by Gasteiger charge is -2.11. The van der Waals surface area contributed by atoms with Gasteiger partial charge >= 0.3 is 0 Å². The number of ether oxygens (including phenoxy) is 3. The van der Waals surface area contributed by atoms with Gasteiger partial charge in [0.15, 0.2) is 6.61 Å². The van der Waals surface area contributed by atoms with Crippen molar-refractivity contribution in [2.45, 2.75) is 20.3 Å². The van der Waals surface area contributed by atoms with Crippen LogP contribution in [0.1, 0.15) is 16.8 Å². The van der Waals surface area contributed by atoms with Crippen LogP contribution >= 0.6 is 0 Å². The number of nitrogens with one attached hydrogen (secondary N) is 2. The zero-order chi connectivity index (χ0) is 21.0. The fourth-order valence-electron chi connectivity index (χ4n) is 3.35. The van der Waals surface area contributed by atoms with Crippen LogP contribution in [-0.4, -0.2) is 38.3 Å². The zero-order valence-electron chi connectivity index (χ0n) is 17.0. The minimum Gasteiger partial charge on any atom is -0.496 e. The molecular weight excluding hydrogens is 375 g/mol. The van der Waals surface area contributed by atoms with Gasteiger partial charge in [0.05, 0.1) is 19.7 Å². The molecule has 0 aliphatic carbocycles. The maximum Gasteiger partial charge on any atom is 0.257 e. The third kappa shape index (κ3) is 4.62. The zero-order valence-corrected chi connectivity index (χ0v) is 17.0. The molecule has 0 radical (unpaired) electrons. The summed E-state index contributed by atoms with van der Waals surface area (Å²) >= 11 is 0. The topological polar surface area (TPSA) is 72.6 Å². The smallest absolute Gasteiger partial charge is 0.257 e. The maximum atomic E-state index is 14.0. The van der Waals surface area contributed by atoms with Gasteiger partial charge < -0.3 is 24.5 Å². The molecule has 0 saturated carbocycles. The van der Waals surface area contributed by atoms with Crippen molar-refractivity contribution in [2.75, 3.05) is 27.4 Å². The summed E-state index contributed by atoms with van der Waals surface area (Å²) in [6, 6.07) is 8.32. The molecule has 2 N–H and O–H groups in total. The number of benzene rings is 2. The van der Waals surface area contributed by atoms with Gasteiger partial charge in [-0.3, -0.25) is 4.79 Å². The van der Waals surface area contributed by atoms with Gasteiger partial charge in [0, 0.05) is 35.8 Å². The van der Waals surface area contributed by atoms with Gasteiger partial charge in [-0.25, -0.2) is 4.39 Å². The van der Waals surface area contributed by atoms with Crippen molar-refractivity contribution in [2.24, 2.45) is 0 Å². The van der Waals surface area contributed by atoms with Crippen LogP contribution in [0.3, 0.4) is 0 Å². The highest BCUT2D eigenvalue weighted by Crippen LogP contribution is 2.28. The number of hydrogen-bond donors (Lipinski definition) is 2. The number of H-pyrrole nitrogens is 1. The molecular formula is C22H25FN2O4. The first-order valence-electron chi connectivity index (χ1n) is 9.31. The average Bonchev–Trinajstić information content (AvgIpc) is 3.06. The Labute approximate surface area is 169 Å². The Hall–Kier alpha value is -3.22. The van der Waals surface area contributed by atoms with Gasteiger partial charge in [0.25, 0.3) is 5.91 Å². The van der Waals surface area contributed by atoms with Gasteiger partial charge in [-0.05, 0) is 37.5 Å². The normalized spacial score (nSPS) is 10.8. The Morgan fingerprint density at radius 3 is 2.38 bits per heavy atom. The molecule has 0 unspecified atom stereocenters. The molecule has 7 heteroatoms. The first-order chi connectivity index (χ1) is 13.9. The summed E-state index contributed by atoms with van der Waals surface area (Å²) in [7, 11) is 3.09. The van der Waals surface area contributed by atoms with Crippen LogP contribution in [0.2, 0.25) is 0 Å². The Balaban J connectivity index is 1.58. The number of methoxy groups -OCH3 is 2. The number of rotatable bonds is 8. The van der Waals surface area contributed by atoms with E-state index in [0.29, 0.717) is 35.7 Å². The molecule has 0 spiro atoms. The van der Waals surface area contributed by atoms with Gasteiger partial charge in [-0.1, -0.05) is 6.07 Å². The average molecular weight is 400 g/mol. The van der Waals surface area contributed by atoms with Crippen molar-refractivity contribution in [1.29, 1.82) is 0 Å². The predicted molar refractivity (Wildman–Crippen MR) is 109 cm³/mol. The van der Waals surface area contributed by atoms with Gasteiger partial charge in [-0.15, -0.1) is 0 Å². The van der Waals surface area contributed by atoms with Crippen molar-refractivity contribution in [3.8, 4) is 17.2 Å². The standard InChI is InChI=1S/C22H25FN2O4/c1-13-5-6-19(23)22-21(13)18(14(2)25-22)7-8-24-20(26)12-29-17-10-15(27-3)9-16(11-17)28-4/h5-6,9-11,25H,7-8,12H2,1-4H3,(H,24,26). The quantitative estimate of drug-likeness (QED) is 0.605. The predicted octanol–water partition coefficient (Wildman–Crippen LogP) is 3.68. The summed E-state index contributed by atoms with van der Waals surface area (Å²) in [5, 5.41) is 3.73. The molecule has 3 aromatic rings. The first kappa shape index (κ1) is 20.5. The van der Waals surface area contributed by atoms with E-state index in [2.05, 4.69) is 10.3 Å². The van der Waals surface area contributed by atoms with Crippen molar-refractivity contribution < 1.29 is 23.4 Å². The molecule has 1 aromatic heterocycles. The van der Waals surface area contributed by atoms with E-state index in [9.17, 15) is 9.18 Å². The molecule has 0 fully saturated rings. The van der Waals surface area contributed by atoms with Crippen molar-refractivity contribution in [3.63, 3.8) is 0 Å². The molecule has 2 aromatic carbocycles. The third-order valence-corrected chi connectivity index (χ3v) is 4.82. The lowest BCUT2D eigenvalue weighted by atomic mass is 10.0. The maximum absolute atomic E-state index is 14.0. The van der Waals surface area contributed by atoms with E-state index in [1.807, 2.05) is 13.8 Å². The number of fused-ring (bicyclic) bond motifs is 1. The Bertz CT molecular complexity index is 1010. The number of halogens is 1. The van der Waals surface area contributed by atoms with Crippen LogP contribution in [0.25, 0.3) is 10.9 Å². The Morgan fingerprint density at radius 2 is 1.72 bits per heavy atom. The van der Waals surface area contributed by atoms with E-state index in [1.54, 1.807) is 38.5 Å². The second kappa shape index (κ2) is 8.86. The van der Waals surface area contributed by atoms with Crippen LogP contribution in [0, 0.1) is 19.7 Å². The van der Waals surface area contributed by atoms with E-state index in [4.69, 9.17) is 14.2 Å². The van der Waals surface area contributed by atoms with Crippen LogP contribution in [-0.2, 0) is 11.2 Å². The molecule has 0 bridgehead atoms. The largest absolute Gasteiger partial charge is 0.496 e. The number of amides is 1. The molecule has 1 amide bonds. The molecule has 0 aliphatic rings. The number of aromatic nitrogens is 1. The van der Waals surface area contributed by atoms with E-state index >= 15 is 0 Å². The molecule has 0 atom stereocenters. The third-order valence-electron chi connectivity index (χ3n) is 4.82. The summed E-state index contributed by atoms with van der Waals surface area (Å²) in [5.41, 5.74) is 3.43. The number of aryl methyl sites for hydroxylation is 2. The highest BCUT2D eigenvalue weighted by Gasteiger charge is 2.14. The van der Waals surface area contributed by atoms with Crippen molar-refractivity contribution in [1.82, 2.24) is 10.3 Å². The second-order valence-corrected chi connectivity index (χ2v) is 6.78. The fourth-order valence-corrected chi connectivity index (χ4v) is 3.35. The van der Waals surface area contributed by atoms with E-state index < -0.39 is 0 Å². The molecule has 29 heavy (non-hydrogen) atoms. The SMILES string of the molecule is COc1cc(OC)cc(OCC(=O)NCCc2c(C)[nH]c3c(F)ccc(C)c23)c1. The lowest BCUT2D eigenvalue weighted by Crippen LogP contribution is -2.30. The molecule has 0 aliphatic heterocycles. The Kier molecular flexibility index (Phi) is 6.26. The lowest BCUT2D eigenvalue weighted by molar-refractivity contribution is -0.123. The number of carbonyl (C=O) groups is 1. The van der Waals surface area contributed by atoms with E-state index in [-0.39, 0.29) is 18.3 Å². The summed E-state index contributed by atoms with van der Waals surface area (Å²) < 4.78 is 30.0. The minimum absolute atomic E-state index is 0.128. The van der Waals surface area contributed by atoms with Gasteiger partial charge in [0.2, 0.25) is 0 Å². The molecule has 6 nitrogen and oxygen atoms in total. The number of aromatic amines is 1. The van der Waals surface area contributed by atoms with Crippen LogP contribution in [0.15, 0.2) is 30.3 Å². The van der Waals surface area contributed by atoms with Gasteiger partial charge in [0.1, 0.15) is 23.1 Å². The van der Waals surface area contributed by atoms with Gasteiger partial charge in [-0.2, -0.15) is 0 Å². The molecule has 0 saturated heterocycles. The summed E-state index contributed by atoms with van der Waals surface area (Å²) in [5.74, 6) is 1.13. The minimum atomic E-state index is -0.272. The van der Waals surface area contributed by atoms with E-state index in [0.717, 1.165) is 22.2 Å². The summed E-state index contributed by atoms with van der Waals surface area (Å²) in [6.45, 7) is 4.16. The fraction of sp³-hybridized carbons (Fsp3) is 0.318. The highest BCUT2D eigenvalue weighted by atomic mass is 19.1. The van der Waals surface area contributed by atoms with Crippen LogP contribution in [0.5, 0.6) is 17.2 Å². The molecule has 3 rings (SSSR count). The molecule has 1 heterocycles. The van der Waals surface area contributed by atoms with Crippen molar-refractivity contribution >= 4 is 16.8 Å². The van der Waals surface area contributed by atoms with Crippen LogP contribution < -0.4 is 19.5 Å². The summed E-state index contributed by atoms with van der Waals surface area (Å²) in [4.78, 5) is 15.3. The number of hydrogen-bond acceptors (Lipinski definition) is 4. The van der Waals surface area contributed by atoms with Crippen LogP contribution in [0.4, 0.5) is 4.39 Å². The highest BCUT2D eigenvalue weighted by molar-refractivity contribution is 5.88. The monoisotopic (exact) mass is 400 g/mol. The first-order valence-corrected chi connectivity index (χ1v) is 9.31. The summed E-state index contributed by atoms with van der Waals surface area (Å²) in [6.07, 6.45) is 0.592. The second-order valence-electron chi connectivity index (χ2n) is 6.78. The van der Waals surface area contributed by atoms with Crippen molar-refractivity contribution in [3.05, 3.63) is 53.0 Å². The number of carbonyl (C=O) groups excluding carboxylic acids is 1. The van der Waals surface area contributed by atoms with E-state index in [1.165, 1.54) is 6.07 Å². The Morgan fingerprint density at radius 1 is 1.07 bits per heavy atom.